The third-order valence-corrected chi connectivity index (χ3v) is 8.57. The number of rotatable bonds is 6. The molecule has 154 valence electrons. The minimum atomic E-state index is -5.46. The molecule has 5 atom stereocenters. The zero-order valence-electron chi connectivity index (χ0n) is 13.5. The van der Waals surface area contributed by atoms with E-state index in [0.29, 0.717) is 0 Å². The van der Waals surface area contributed by atoms with Gasteiger partial charge >= 0.3 is 159 Å². The van der Waals surface area contributed by atoms with E-state index < -0.39 is 58.1 Å². The number of aliphatic hydroxyl groups is 2. The molecule has 0 aliphatic carbocycles. The number of aromatic nitrogens is 4. The van der Waals surface area contributed by atoms with Crippen LogP contribution in [0.4, 0.5) is 5.82 Å². The Labute approximate surface area is 159 Å². The summed E-state index contributed by atoms with van der Waals surface area (Å²) in [5.41, 5.74) is 5.79. The molecule has 2 aromatic heterocycles. The van der Waals surface area contributed by atoms with Crippen molar-refractivity contribution in [1.82, 2.24) is 19.5 Å². The van der Waals surface area contributed by atoms with Crippen molar-refractivity contribution in [1.29, 1.82) is 0 Å². The van der Waals surface area contributed by atoms with Crippen molar-refractivity contribution in [2.75, 3.05) is 12.3 Å². The molecule has 0 saturated carbocycles. The number of hydrogen-bond donors (Lipinski definition) is 5. The topological polar surface area (TPSA) is 237 Å². The van der Waals surface area contributed by atoms with Gasteiger partial charge in [0.2, 0.25) is 0 Å². The SMILES string of the molecule is Nc1ncnc2c1ncn2[C@@H]1O[C@H](CO[Se](=O)P(=O)=O)[C@](O)(P(=O)(O)O)[C@H]1O. The summed E-state index contributed by atoms with van der Waals surface area (Å²) >= 11 is -3.83. The van der Waals surface area contributed by atoms with Crippen LogP contribution in [0.2, 0.25) is 0 Å². The fourth-order valence-electron chi connectivity index (χ4n) is 2.70. The summed E-state index contributed by atoms with van der Waals surface area (Å²) in [6.45, 7) is -0.976. The number of hydrogen-bond acceptors (Lipinski definition) is 12. The number of nitrogens with zero attached hydrogens (tertiary/aromatic N) is 4. The Hall–Kier alpha value is -1.44. The van der Waals surface area contributed by atoms with Gasteiger partial charge in [0.05, 0.1) is 0 Å². The second-order valence-corrected chi connectivity index (χ2v) is 12.7. The molecule has 2 aromatic rings. The van der Waals surface area contributed by atoms with Crippen molar-refractivity contribution in [2.45, 2.75) is 23.8 Å². The number of fused-ring (bicyclic) bond motifs is 1. The van der Waals surface area contributed by atoms with Crippen LogP contribution in [0.15, 0.2) is 12.7 Å². The second-order valence-electron chi connectivity index (χ2n) is 5.60. The third kappa shape index (κ3) is 3.37. The van der Waals surface area contributed by atoms with Crippen molar-refractivity contribution in [3.8, 4) is 0 Å². The van der Waals surface area contributed by atoms with Crippen LogP contribution < -0.4 is 5.73 Å². The normalized spacial score (nSPS) is 29.2. The standard InChI is InChI=1S/C10H13N5O10P2Se/c11-7-5-8(13-2-12-7)15(3-14-5)9-6(16)10(17,27(20,21)22)4(25-9)1-24-28(23)26(18)19/h2-4,6,9,16-17H,1H2,(H2,11,12,13)(H2,20,21,22)/t4-,6+,9-,10+,28?/m1/s1. The number of imidazole rings is 1. The maximum atomic E-state index is 11.9. The molecule has 1 saturated heterocycles. The monoisotopic (exact) mass is 505 g/mol. The molecule has 1 aliphatic rings. The summed E-state index contributed by atoms with van der Waals surface area (Å²) in [7, 11) is -5.46. The van der Waals surface area contributed by atoms with Gasteiger partial charge in [-0.05, 0) is 0 Å². The predicted octanol–water partition coefficient (Wildman–Crippen LogP) is -1.86. The van der Waals surface area contributed by atoms with E-state index in [1.807, 2.05) is 0 Å². The summed E-state index contributed by atoms with van der Waals surface area (Å²) in [4.78, 5) is 30.7. The quantitative estimate of drug-likeness (QED) is 0.214. The van der Waals surface area contributed by atoms with Crippen molar-refractivity contribution < 1.29 is 46.1 Å². The molecule has 0 spiro atoms. The average Bonchev–Trinajstić information content (AvgIpc) is 3.14. The fraction of sp³-hybridized carbons (Fsp3) is 0.500. The molecule has 18 heteroatoms. The molecule has 1 aliphatic heterocycles. The van der Waals surface area contributed by atoms with Gasteiger partial charge in [0, 0.05) is 0 Å². The van der Waals surface area contributed by atoms with Gasteiger partial charge in [-0.1, -0.05) is 0 Å². The molecule has 1 fully saturated rings. The molecule has 1 unspecified atom stereocenters. The first kappa shape index (κ1) is 21.3. The van der Waals surface area contributed by atoms with Gasteiger partial charge in [-0.25, -0.2) is 0 Å². The molecule has 0 bridgehead atoms. The van der Waals surface area contributed by atoms with Crippen LogP contribution in [0.3, 0.4) is 0 Å². The van der Waals surface area contributed by atoms with Crippen molar-refractivity contribution in [3.63, 3.8) is 0 Å². The van der Waals surface area contributed by atoms with Gasteiger partial charge in [-0.2, -0.15) is 0 Å². The van der Waals surface area contributed by atoms with Crippen LogP contribution in [0, 0.1) is 0 Å². The van der Waals surface area contributed by atoms with Gasteiger partial charge < -0.3 is 0 Å². The Balaban J connectivity index is 2.01. The van der Waals surface area contributed by atoms with Gasteiger partial charge in [0.1, 0.15) is 0 Å². The van der Waals surface area contributed by atoms with Crippen LogP contribution in [0.25, 0.3) is 11.2 Å². The van der Waals surface area contributed by atoms with Crippen molar-refractivity contribution in [3.05, 3.63) is 12.7 Å². The molecule has 0 radical (unpaired) electrons. The first-order chi connectivity index (χ1) is 13.0. The van der Waals surface area contributed by atoms with Gasteiger partial charge in [-0.15, -0.1) is 0 Å². The Morgan fingerprint density at radius 2 is 2.07 bits per heavy atom. The molecule has 0 amide bonds. The number of ether oxygens (including phenoxy) is 1. The summed E-state index contributed by atoms with van der Waals surface area (Å²) in [5, 5.41) is 17.8. The van der Waals surface area contributed by atoms with Crippen LogP contribution in [-0.4, -0.2) is 77.4 Å². The first-order valence-electron chi connectivity index (χ1n) is 7.22. The predicted molar refractivity (Wildman–Crippen MR) is 87.3 cm³/mol. The Bertz CT molecular complexity index is 1050. The van der Waals surface area contributed by atoms with Crippen LogP contribution >= 0.6 is 14.0 Å². The maximum absolute atomic E-state index is 11.9. The van der Waals surface area contributed by atoms with Crippen molar-refractivity contribution >= 4 is 44.7 Å². The molecule has 28 heavy (non-hydrogen) atoms. The summed E-state index contributed by atoms with van der Waals surface area (Å²) in [6.07, 6.45) is -7.02. The van der Waals surface area contributed by atoms with Crippen LogP contribution in [-0.2, 0) is 26.1 Å². The molecule has 15 nitrogen and oxygen atoms in total. The van der Waals surface area contributed by atoms with Gasteiger partial charge in [0.15, 0.2) is 0 Å². The zero-order valence-corrected chi connectivity index (χ0v) is 17.0. The van der Waals surface area contributed by atoms with E-state index in [1.165, 1.54) is 0 Å². The van der Waals surface area contributed by atoms with E-state index in [9.17, 15) is 37.5 Å². The van der Waals surface area contributed by atoms with E-state index >= 15 is 0 Å². The number of anilines is 1. The summed E-state index contributed by atoms with van der Waals surface area (Å²) in [5.74, 6) is -0.0137. The Morgan fingerprint density at radius 3 is 2.68 bits per heavy atom. The Morgan fingerprint density at radius 1 is 1.39 bits per heavy atom. The summed E-state index contributed by atoms with van der Waals surface area (Å²) < 4.78 is 55.5. The van der Waals surface area contributed by atoms with Crippen molar-refractivity contribution in [2.24, 2.45) is 0 Å². The van der Waals surface area contributed by atoms with Crippen LogP contribution in [0.1, 0.15) is 6.23 Å². The molecule has 0 aromatic carbocycles. The number of nitrogens with two attached hydrogens (primary N) is 1. The van der Waals surface area contributed by atoms with E-state index in [-0.39, 0.29) is 17.0 Å². The molecule has 3 heterocycles. The molecular formula is C10H13N5O10P2Se. The zero-order chi connectivity index (χ0) is 20.9. The fourth-order valence-corrected chi connectivity index (χ4v) is 5.13. The second kappa shape index (κ2) is 7.43. The minimum absolute atomic E-state index is 0.0137. The molecule has 3 rings (SSSR count). The Kier molecular flexibility index (Phi) is 5.64. The summed E-state index contributed by atoms with van der Waals surface area (Å²) in [6, 6.07) is 0. The van der Waals surface area contributed by atoms with E-state index in [2.05, 4.69) is 18.8 Å². The van der Waals surface area contributed by atoms with E-state index in [0.717, 1.165) is 17.2 Å². The number of nitrogen functional groups attached to an aromatic ring is 1. The van der Waals surface area contributed by atoms with E-state index in [1.54, 1.807) is 0 Å². The first-order valence-corrected chi connectivity index (χ1v) is 13.6. The van der Waals surface area contributed by atoms with Gasteiger partial charge in [0.25, 0.3) is 0 Å². The molecular weight excluding hydrogens is 491 g/mol. The molecule has 6 N–H and O–H groups in total. The third-order valence-electron chi connectivity index (χ3n) is 4.05. The average molecular weight is 504 g/mol. The van der Waals surface area contributed by atoms with E-state index in [4.69, 9.17) is 10.5 Å². The van der Waals surface area contributed by atoms with Gasteiger partial charge in [-0.3, -0.25) is 0 Å². The van der Waals surface area contributed by atoms with Crippen LogP contribution in [0.5, 0.6) is 0 Å². The number of aliphatic hydroxyl groups excluding tert-OH is 1.